The number of rotatable bonds is 5. The van der Waals surface area contributed by atoms with Crippen LogP contribution in [-0.2, 0) is 4.74 Å². The van der Waals surface area contributed by atoms with Gasteiger partial charge < -0.3 is 20.7 Å². The van der Waals surface area contributed by atoms with E-state index in [4.69, 9.17) is 10.5 Å². The van der Waals surface area contributed by atoms with Crippen LogP contribution in [0.4, 0.5) is 10.5 Å². The molecule has 0 heterocycles. The molecule has 0 bridgehead atoms. The predicted octanol–water partition coefficient (Wildman–Crippen LogP) is 2.98. The molecule has 0 aromatic heterocycles. The van der Waals surface area contributed by atoms with Crippen molar-refractivity contribution in [1.29, 1.82) is 0 Å². The highest BCUT2D eigenvalue weighted by Gasteiger charge is 2.20. The van der Waals surface area contributed by atoms with E-state index in [0.717, 1.165) is 11.3 Å². The number of guanidine groups is 1. The van der Waals surface area contributed by atoms with Gasteiger partial charge in [-0.2, -0.15) is 0 Å². The Hall–Kier alpha value is -2.24. The summed E-state index contributed by atoms with van der Waals surface area (Å²) < 4.78 is 5.35. The van der Waals surface area contributed by atoms with Crippen LogP contribution in [0.1, 0.15) is 33.3 Å². The molecule has 1 aromatic rings. The van der Waals surface area contributed by atoms with Crippen molar-refractivity contribution in [1.82, 2.24) is 4.90 Å². The maximum Gasteiger partial charge on any atom is 0.410 e. The van der Waals surface area contributed by atoms with Gasteiger partial charge in [-0.15, -0.1) is 0 Å². The molecule has 0 aliphatic rings. The standard InChI is InChI=1S/C17H28N4O2/c1-6-21(16(22)23-17(3,4)5)11-10-19-15(18)20-14-9-7-8-13(2)12-14/h7-9,12H,6,10-11H2,1-5H3,(H3,18,19,20). The highest BCUT2D eigenvalue weighted by atomic mass is 16.6. The topological polar surface area (TPSA) is 80.0 Å². The summed E-state index contributed by atoms with van der Waals surface area (Å²) in [6.07, 6.45) is -0.333. The fourth-order valence-electron chi connectivity index (χ4n) is 1.91. The van der Waals surface area contributed by atoms with E-state index in [2.05, 4.69) is 10.3 Å². The molecule has 0 radical (unpaired) electrons. The highest BCUT2D eigenvalue weighted by molar-refractivity contribution is 5.92. The average molecular weight is 320 g/mol. The van der Waals surface area contributed by atoms with Crippen molar-refractivity contribution in [3.8, 4) is 0 Å². The quantitative estimate of drug-likeness (QED) is 0.645. The van der Waals surface area contributed by atoms with Crippen molar-refractivity contribution >= 4 is 17.7 Å². The van der Waals surface area contributed by atoms with Gasteiger partial charge in [-0.25, -0.2) is 4.79 Å². The van der Waals surface area contributed by atoms with Gasteiger partial charge in [0.1, 0.15) is 5.60 Å². The molecule has 0 saturated carbocycles. The van der Waals surface area contributed by atoms with Crippen LogP contribution in [-0.4, -0.2) is 42.2 Å². The Morgan fingerprint density at radius 1 is 1.39 bits per heavy atom. The largest absolute Gasteiger partial charge is 0.444 e. The van der Waals surface area contributed by atoms with E-state index < -0.39 is 5.60 Å². The van der Waals surface area contributed by atoms with E-state index in [0.29, 0.717) is 25.6 Å². The minimum atomic E-state index is -0.500. The Morgan fingerprint density at radius 3 is 2.65 bits per heavy atom. The predicted molar refractivity (Wildman–Crippen MR) is 94.8 cm³/mol. The van der Waals surface area contributed by atoms with Gasteiger partial charge in [0.05, 0.1) is 6.54 Å². The first kappa shape index (κ1) is 18.8. The maximum atomic E-state index is 12.0. The lowest BCUT2D eigenvalue weighted by atomic mass is 10.2. The summed E-state index contributed by atoms with van der Waals surface area (Å²) in [6, 6.07) is 7.88. The Labute approximate surface area is 138 Å². The van der Waals surface area contributed by atoms with Crippen molar-refractivity contribution in [3.05, 3.63) is 29.8 Å². The number of aryl methyl sites for hydroxylation is 1. The first-order valence-electron chi connectivity index (χ1n) is 7.83. The molecule has 0 aliphatic heterocycles. The van der Waals surface area contributed by atoms with Crippen molar-refractivity contribution in [3.63, 3.8) is 0 Å². The summed E-state index contributed by atoms with van der Waals surface area (Å²) in [5.41, 5.74) is 7.40. The van der Waals surface area contributed by atoms with Gasteiger partial charge in [0, 0.05) is 18.8 Å². The van der Waals surface area contributed by atoms with Crippen LogP contribution in [0.3, 0.4) is 0 Å². The van der Waals surface area contributed by atoms with Crippen LogP contribution in [0.2, 0.25) is 0 Å². The van der Waals surface area contributed by atoms with Crippen molar-refractivity contribution in [2.45, 2.75) is 40.2 Å². The number of hydrogen-bond acceptors (Lipinski definition) is 3. The zero-order valence-corrected chi connectivity index (χ0v) is 14.7. The summed E-state index contributed by atoms with van der Waals surface area (Å²) in [5.74, 6) is 0.329. The fourth-order valence-corrected chi connectivity index (χ4v) is 1.91. The summed E-state index contributed by atoms with van der Waals surface area (Å²) in [4.78, 5) is 17.9. The second-order valence-corrected chi connectivity index (χ2v) is 6.32. The molecule has 0 atom stereocenters. The minimum Gasteiger partial charge on any atom is -0.444 e. The Morgan fingerprint density at radius 2 is 2.09 bits per heavy atom. The molecule has 6 nitrogen and oxygen atoms in total. The van der Waals surface area contributed by atoms with E-state index >= 15 is 0 Å². The van der Waals surface area contributed by atoms with E-state index in [-0.39, 0.29) is 6.09 Å². The number of ether oxygens (including phenoxy) is 1. The van der Waals surface area contributed by atoms with E-state index in [1.165, 1.54) is 0 Å². The van der Waals surface area contributed by atoms with Crippen molar-refractivity contribution in [2.75, 3.05) is 25.0 Å². The lowest BCUT2D eigenvalue weighted by Gasteiger charge is -2.26. The van der Waals surface area contributed by atoms with Gasteiger partial charge in [-0.05, 0) is 52.3 Å². The Balaban J connectivity index is 2.50. The number of carbonyl (C=O) groups excluding carboxylic acids is 1. The number of carbonyl (C=O) groups is 1. The number of benzene rings is 1. The molecule has 1 aromatic carbocycles. The summed E-state index contributed by atoms with van der Waals surface area (Å²) >= 11 is 0. The zero-order chi connectivity index (χ0) is 17.5. The monoisotopic (exact) mass is 320 g/mol. The minimum absolute atomic E-state index is 0.329. The molecule has 0 fully saturated rings. The van der Waals surface area contributed by atoms with Gasteiger partial charge in [-0.3, -0.25) is 4.99 Å². The van der Waals surface area contributed by atoms with Gasteiger partial charge in [0.25, 0.3) is 0 Å². The number of aliphatic imine (C=N–C) groups is 1. The second-order valence-electron chi connectivity index (χ2n) is 6.32. The van der Waals surface area contributed by atoms with Gasteiger partial charge in [0.2, 0.25) is 0 Å². The first-order chi connectivity index (χ1) is 10.7. The Bertz CT molecular complexity index is 550. The second kappa shape index (κ2) is 8.41. The Kier molecular flexibility index (Phi) is 6.88. The van der Waals surface area contributed by atoms with Crippen molar-refractivity contribution in [2.24, 2.45) is 10.7 Å². The van der Waals surface area contributed by atoms with Crippen LogP contribution in [0.15, 0.2) is 29.3 Å². The number of likely N-dealkylation sites (N-methyl/N-ethyl adjacent to an activating group) is 1. The highest BCUT2D eigenvalue weighted by Crippen LogP contribution is 2.10. The lowest BCUT2D eigenvalue weighted by Crippen LogP contribution is -2.38. The van der Waals surface area contributed by atoms with Crippen LogP contribution in [0.25, 0.3) is 0 Å². The molecule has 0 aliphatic carbocycles. The normalized spacial score (nSPS) is 12.0. The van der Waals surface area contributed by atoms with Gasteiger partial charge in [0.15, 0.2) is 5.96 Å². The number of amides is 1. The van der Waals surface area contributed by atoms with Crippen LogP contribution in [0.5, 0.6) is 0 Å². The number of anilines is 1. The SMILES string of the molecule is CCN(CCN=C(N)Nc1cccc(C)c1)C(=O)OC(C)(C)C. The van der Waals surface area contributed by atoms with Gasteiger partial charge in [-0.1, -0.05) is 12.1 Å². The van der Waals surface area contributed by atoms with E-state index in [1.54, 1.807) is 4.90 Å². The summed E-state index contributed by atoms with van der Waals surface area (Å²) in [6.45, 7) is 10.9. The fraction of sp³-hybridized carbons (Fsp3) is 0.529. The molecule has 6 heteroatoms. The lowest BCUT2D eigenvalue weighted by molar-refractivity contribution is 0.0266. The maximum absolute atomic E-state index is 12.0. The molecule has 23 heavy (non-hydrogen) atoms. The molecule has 1 rings (SSSR count). The molecular weight excluding hydrogens is 292 g/mol. The van der Waals surface area contributed by atoms with Crippen LogP contribution in [0, 0.1) is 6.92 Å². The molecule has 0 spiro atoms. The third-order valence-corrected chi connectivity index (χ3v) is 2.98. The molecular formula is C17H28N4O2. The first-order valence-corrected chi connectivity index (χ1v) is 7.83. The van der Waals surface area contributed by atoms with E-state index in [1.807, 2.05) is 58.9 Å². The molecule has 128 valence electrons. The van der Waals surface area contributed by atoms with Gasteiger partial charge >= 0.3 is 6.09 Å². The molecule has 1 amide bonds. The number of hydrogen-bond donors (Lipinski definition) is 2. The number of nitrogens with two attached hydrogens (primary N) is 1. The van der Waals surface area contributed by atoms with Crippen molar-refractivity contribution < 1.29 is 9.53 Å². The average Bonchev–Trinajstić information content (AvgIpc) is 2.41. The summed E-state index contributed by atoms with van der Waals surface area (Å²) in [7, 11) is 0. The molecule has 0 unspecified atom stereocenters. The number of nitrogens with zero attached hydrogens (tertiary/aromatic N) is 2. The summed E-state index contributed by atoms with van der Waals surface area (Å²) in [5, 5.41) is 3.03. The van der Waals surface area contributed by atoms with Crippen LogP contribution >= 0.6 is 0 Å². The number of nitrogens with one attached hydrogen (secondary N) is 1. The zero-order valence-electron chi connectivity index (χ0n) is 14.7. The third-order valence-electron chi connectivity index (χ3n) is 2.98. The third kappa shape index (κ3) is 7.54. The smallest absolute Gasteiger partial charge is 0.410 e. The van der Waals surface area contributed by atoms with E-state index in [9.17, 15) is 4.79 Å². The van der Waals surface area contributed by atoms with Crippen LogP contribution < -0.4 is 11.1 Å². The molecule has 0 saturated heterocycles. The molecule has 3 N–H and O–H groups in total.